The molecular weight excluding hydrogens is 382 g/mol. The Balaban J connectivity index is 1.73. The summed E-state index contributed by atoms with van der Waals surface area (Å²) in [4.78, 5) is 52.2. The van der Waals surface area contributed by atoms with Crippen LogP contribution in [-0.2, 0) is 24.0 Å². The van der Waals surface area contributed by atoms with Crippen LogP contribution in [0.1, 0.15) is 5.76 Å². The Morgan fingerprint density at radius 3 is 2.81 bits per heavy atom. The van der Waals surface area contributed by atoms with Gasteiger partial charge in [-0.2, -0.15) is 0 Å². The van der Waals surface area contributed by atoms with E-state index >= 15 is 0 Å². The Bertz CT molecular complexity index is 847. The Hall–Kier alpha value is -3.28. The molecule has 2 atom stereocenters. The fourth-order valence-corrected chi connectivity index (χ4v) is 3.71. The van der Waals surface area contributed by atoms with Crippen LogP contribution in [0.15, 0.2) is 39.7 Å². The molecule has 2 aliphatic heterocycles. The van der Waals surface area contributed by atoms with E-state index in [1.165, 1.54) is 36.2 Å². The van der Waals surface area contributed by atoms with E-state index < -0.39 is 41.8 Å². The van der Waals surface area contributed by atoms with Gasteiger partial charge < -0.3 is 24.8 Å². The number of carboxylic acids is 2. The lowest BCUT2D eigenvalue weighted by Gasteiger charge is -2.48. The van der Waals surface area contributed by atoms with Gasteiger partial charge in [0.25, 0.3) is 11.8 Å². The normalized spacial score (nSPS) is 21.6. The van der Waals surface area contributed by atoms with Gasteiger partial charge in [0.05, 0.1) is 6.26 Å². The molecule has 3 N–H and O–H groups in total. The third-order valence-electron chi connectivity index (χ3n) is 3.67. The molecule has 0 aliphatic carbocycles. The van der Waals surface area contributed by atoms with Crippen molar-refractivity contribution in [3.8, 4) is 0 Å². The second kappa shape index (κ2) is 7.53. The van der Waals surface area contributed by atoms with Crippen molar-refractivity contribution in [2.75, 3.05) is 12.4 Å². The van der Waals surface area contributed by atoms with Gasteiger partial charge in [-0.05, 0) is 18.2 Å². The minimum absolute atomic E-state index is 0.0175. The van der Waals surface area contributed by atoms with Crippen LogP contribution < -0.4 is 5.32 Å². The van der Waals surface area contributed by atoms with Gasteiger partial charge in [0.1, 0.15) is 17.1 Å². The van der Waals surface area contributed by atoms with E-state index in [-0.39, 0.29) is 17.2 Å². The summed E-state index contributed by atoms with van der Waals surface area (Å²) in [5.41, 5.74) is -0.471. The molecule has 1 saturated heterocycles. The van der Waals surface area contributed by atoms with Crippen molar-refractivity contribution in [3.63, 3.8) is 0 Å². The van der Waals surface area contributed by atoms with Gasteiger partial charge in [0.15, 0.2) is 5.76 Å². The first-order valence-corrected chi connectivity index (χ1v) is 8.59. The predicted molar refractivity (Wildman–Crippen MR) is 89.6 cm³/mol. The fraction of sp³-hybridized carbons (Fsp3) is 0.267. The molecule has 27 heavy (non-hydrogen) atoms. The number of β-lactam (4-membered cyclic amide) rings is 1. The highest BCUT2D eigenvalue weighted by Crippen LogP contribution is 2.37. The third-order valence-corrected chi connectivity index (χ3v) is 4.85. The molecule has 12 heteroatoms. The topological polar surface area (TPSA) is 159 Å². The molecule has 0 aromatic carbocycles. The van der Waals surface area contributed by atoms with Gasteiger partial charge in [0, 0.05) is 5.75 Å². The minimum atomic E-state index is -1.28. The Morgan fingerprint density at radius 1 is 1.41 bits per heavy atom. The summed E-state index contributed by atoms with van der Waals surface area (Å²) in [6.45, 7) is -0.765. The number of thioether (sulfide) groups is 1. The first-order chi connectivity index (χ1) is 12.9. The number of fused-ring (bicyclic) bond motifs is 1. The largest absolute Gasteiger partial charge is 0.479 e. The van der Waals surface area contributed by atoms with Crippen molar-refractivity contribution >= 4 is 41.2 Å². The van der Waals surface area contributed by atoms with E-state index in [9.17, 15) is 19.2 Å². The number of carbonyl (C=O) groups excluding carboxylic acids is 2. The number of carbonyl (C=O) groups is 4. The first-order valence-electron chi connectivity index (χ1n) is 7.54. The van der Waals surface area contributed by atoms with Crippen LogP contribution in [0.2, 0.25) is 0 Å². The number of aliphatic carboxylic acids is 2. The molecule has 1 aromatic heterocycles. The molecule has 11 nitrogen and oxygen atoms in total. The third kappa shape index (κ3) is 3.65. The number of rotatable bonds is 7. The second-order valence-electron chi connectivity index (χ2n) is 5.36. The molecule has 1 aromatic rings. The summed E-state index contributed by atoms with van der Waals surface area (Å²) < 4.78 is 5.08. The monoisotopic (exact) mass is 395 g/mol. The smallest absolute Gasteiger partial charge is 0.352 e. The SMILES string of the molecule is O=C(O)CON=C(C(=O)N[C@@H]1C(=O)N2C(C(=O)O)=CCS[C@H]12)c1ccco1. The zero-order valence-corrected chi connectivity index (χ0v) is 14.3. The van der Waals surface area contributed by atoms with Crippen LogP contribution in [-0.4, -0.2) is 68.4 Å². The van der Waals surface area contributed by atoms with E-state index in [4.69, 9.17) is 14.6 Å². The Morgan fingerprint density at radius 2 is 2.19 bits per heavy atom. The summed E-state index contributed by atoms with van der Waals surface area (Å²) in [7, 11) is 0. The Kier molecular flexibility index (Phi) is 5.16. The average molecular weight is 395 g/mol. The van der Waals surface area contributed by atoms with Crippen LogP contribution in [0.3, 0.4) is 0 Å². The highest BCUT2D eigenvalue weighted by Gasteiger charge is 2.53. The lowest BCUT2D eigenvalue weighted by atomic mass is 10.0. The van der Waals surface area contributed by atoms with E-state index in [0.717, 1.165) is 4.90 Å². The summed E-state index contributed by atoms with van der Waals surface area (Å²) in [5, 5.41) is 23.1. The second-order valence-corrected chi connectivity index (χ2v) is 6.51. The number of hydrogen-bond donors (Lipinski definition) is 3. The molecule has 0 bridgehead atoms. The molecule has 0 saturated carbocycles. The maximum Gasteiger partial charge on any atom is 0.352 e. The van der Waals surface area contributed by atoms with Gasteiger partial charge in [-0.1, -0.05) is 5.16 Å². The summed E-state index contributed by atoms with van der Waals surface area (Å²) in [6, 6.07) is 1.95. The molecule has 0 unspecified atom stereocenters. The predicted octanol–water partition coefficient (Wildman–Crippen LogP) is -0.547. The molecule has 142 valence electrons. The zero-order valence-electron chi connectivity index (χ0n) is 13.5. The number of nitrogens with one attached hydrogen (secondary N) is 1. The highest BCUT2D eigenvalue weighted by molar-refractivity contribution is 8.00. The molecule has 3 rings (SSSR count). The quantitative estimate of drug-likeness (QED) is 0.313. The lowest BCUT2D eigenvalue weighted by Crippen LogP contribution is -2.70. The van der Waals surface area contributed by atoms with Crippen molar-refractivity contribution in [2.45, 2.75) is 11.4 Å². The van der Waals surface area contributed by atoms with E-state index in [1.807, 2.05) is 0 Å². The van der Waals surface area contributed by atoms with Crippen molar-refractivity contribution in [1.29, 1.82) is 0 Å². The molecule has 2 aliphatic rings. The number of amides is 2. The van der Waals surface area contributed by atoms with E-state index in [2.05, 4.69) is 15.3 Å². The van der Waals surface area contributed by atoms with Crippen LogP contribution in [0, 0.1) is 0 Å². The van der Waals surface area contributed by atoms with Crippen molar-refractivity contribution in [1.82, 2.24) is 10.2 Å². The van der Waals surface area contributed by atoms with E-state index in [1.54, 1.807) is 0 Å². The minimum Gasteiger partial charge on any atom is -0.479 e. The fourth-order valence-electron chi connectivity index (χ4n) is 2.51. The standard InChI is InChI=1S/C15H13N3O8S/c19-9(20)6-26-17-10(8-2-1-4-25-8)12(21)16-11-13(22)18-7(15(23)24)3-5-27-14(11)18/h1-4,11,14H,5-6H2,(H,16,21)(H,19,20)(H,23,24)/t11-,14-/m1/s1. The average Bonchev–Trinajstić information content (AvgIpc) is 3.16. The molecular formula is C15H13N3O8S. The van der Waals surface area contributed by atoms with Crippen molar-refractivity contribution in [2.24, 2.45) is 5.16 Å². The van der Waals surface area contributed by atoms with Crippen LogP contribution in [0.4, 0.5) is 0 Å². The number of nitrogens with zero attached hydrogens (tertiary/aromatic N) is 2. The maximum atomic E-state index is 12.5. The number of carboxylic acid groups (broad SMARTS) is 2. The number of hydrogen-bond acceptors (Lipinski definition) is 8. The van der Waals surface area contributed by atoms with Crippen LogP contribution in [0.25, 0.3) is 0 Å². The molecule has 2 amide bonds. The van der Waals surface area contributed by atoms with Gasteiger partial charge in [-0.25, -0.2) is 9.59 Å². The first kappa shape index (κ1) is 18.5. The number of furan rings is 1. The molecule has 0 radical (unpaired) electrons. The van der Waals surface area contributed by atoms with Crippen LogP contribution >= 0.6 is 11.8 Å². The van der Waals surface area contributed by atoms with E-state index in [0.29, 0.717) is 5.75 Å². The van der Waals surface area contributed by atoms with Crippen LogP contribution in [0.5, 0.6) is 0 Å². The highest BCUT2D eigenvalue weighted by atomic mass is 32.2. The molecule has 1 fully saturated rings. The van der Waals surface area contributed by atoms with Gasteiger partial charge >= 0.3 is 11.9 Å². The molecule has 0 spiro atoms. The Labute approximate surface area is 155 Å². The maximum absolute atomic E-state index is 12.5. The number of oxime groups is 1. The summed E-state index contributed by atoms with van der Waals surface area (Å²) in [5.74, 6) is -3.50. The molecule has 3 heterocycles. The van der Waals surface area contributed by atoms with Crippen molar-refractivity contribution in [3.05, 3.63) is 35.9 Å². The summed E-state index contributed by atoms with van der Waals surface area (Å²) >= 11 is 1.30. The van der Waals surface area contributed by atoms with Crippen molar-refractivity contribution < 1.29 is 38.6 Å². The summed E-state index contributed by atoms with van der Waals surface area (Å²) in [6.07, 6.45) is 2.71. The van der Waals surface area contributed by atoms with Gasteiger partial charge in [0.2, 0.25) is 12.3 Å². The lowest BCUT2D eigenvalue weighted by molar-refractivity contribution is -0.150. The van der Waals surface area contributed by atoms with Gasteiger partial charge in [-0.15, -0.1) is 11.8 Å². The van der Waals surface area contributed by atoms with Gasteiger partial charge in [-0.3, -0.25) is 14.5 Å². The zero-order chi connectivity index (χ0) is 19.6.